The number of carbonyl (C=O) groups excluding carboxylic acids is 2. The van der Waals surface area contributed by atoms with Crippen molar-refractivity contribution in [3.63, 3.8) is 0 Å². The first-order valence-electron chi connectivity index (χ1n) is 10.5. The van der Waals surface area contributed by atoms with E-state index in [0.29, 0.717) is 11.3 Å². The van der Waals surface area contributed by atoms with Crippen LogP contribution in [0, 0.1) is 13.8 Å². The number of rotatable bonds is 7. The van der Waals surface area contributed by atoms with Crippen LogP contribution in [0.1, 0.15) is 33.1 Å². The van der Waals surface area contributed by atoms with E-state index in [1.807, 2.05) is 54.9 Å². The normalized spacial score (nSPS) is 11.3. The Morgan fingerprint density at radius 1 is 1.06 bits per heavy atom. The van der Waals surface area contributed by atoms with Crippen molar-refractivity contribution >= 4 is 17.9 Å². The molecule has 2 heterocycles. The molecule has 33 heavy (non-hydrogen) atoms. The highest BCUT2D eigenvalue weighted by Crippen LogP contribution is 2.16. The van der Waals surface area contributed by atoms with E-state index >= 15 is 0 Å². The van der Waals surface area contributed by atoms with E-state index < -0.39 is 5.91 Å². The van der Waals surface area contributed by atoms with Gasteiger partial charge in [0.05, 0.1) is 12.0 Å². The Morgan fingerprint density at radius 2 is 1.91 bits per heavy atom. The Labute approximate surface area is 191 Å². The van der Waals surface area contributed by atoms with Gasteiger partial charge in [-0.3, -0.25) is 9.59 Å². The maximum Gasteiger partial charge on any atom is 0.268 e. The molecule has 0 fully saturated rings. The third-order valence-corrected chi connectivity index (χ3v) is 5.12. The molecule has 7 heteroatoms. The van der Waals surface area contributed by atoms with Gasteiger partial charge in [0.25, 0.3) is 11.8 Å². The molecule has 0 saturated heterocycles. The Morgan fingerprint density at radius 3 is 2.64 bits per heavy atom. The number of nitrogens with one attached hydrogen (secondary N) is 2. The topological polar surface area (TPSA) is 89.2 Å². The first-order chi connectivity index (χ1) is 16.0. The standard InChI is InChI=1S/C26H24N4O3/c1-18-7-5-9-20(15-18)25(31)29-23(16-22-10-6-14-33-22)26(32)28-17-21-8-3-4-11-24(21)30-13-12-27-19(30)2/h3-16H,17H2,1-2H3,(H,28,32)(H,29,31)/b23-16-. The van der Waals surface area contributed by atoms with Gasteiger partial charge in [0.15, 0.2) is 0 Å². The van der Waals surface area contributed by atoms with Crippen molar-refractivity contribution in [2.45, 2.75) is 20.4 Å². The fourth-order valence-electron chi connectivity index (χ4n) is 3.45. The maximum atomic E-state index is 13.1. The third-order valence-electron chi connectivity index (χ3n) is 5.12. The Kier molecular flexibility index (Phi) is 6.50. The van der Waals surface area contributed by atoms with E-state index in [-0.39, 0.29) is 18.1 Å². The number of benzene rings is 2. The molecule has 2 amide bonds. The van der Waals surface area contributed by atoms with Crippen LogP contribution in [0.3, 0.4) is 0 Å². The molecule has 166 valence electrons. The van der Waals surface area contributed by atoms with Crippen LogP contribution in [0.2, 0.25) is 0 Å². The molecule has 0 aliphatic carbocycles. The van der Waals surface area contributed by atoms with Crippen molar-refractivity contribution in [3.8, 4) is 5.69 Å². The molecule has 4 aromatic rings. The second-order valence-electron chi connectivity index (χ2n) is 7.55. The summed E-state index contributed by atoms with van der Waals surface area (Å²) in [5.74, 6) is 0.502. The van der Waals surface area contributed by atoms with Crippen LogP contribution >= 0.6 is 0 Å². The van der Waals surface area contributed by atoms with Crippen molar-refractivity contribution in [2.24, 2.45) is 0 Å². The van der Waals surface area contributed by atoms with Crippen LogP contribution in [-0.4, -0.2) is 21.4 Å². The molecule has 2 N–H and O–H groups in total. The minimum absolute atomic E-state index is 0.0905. The van der Waals surface area contributed by atoms with E-state index in [0.717, 1.165) is 22.6 Å². The molecule has 0 spiro atoms. The minimum Gasteiger partial charge on any atom is -0.465 e. The smallest absolute Gasteiger partial charge is 0.268 e. The molecule has 0 unspecified atom stereocenters. The van der Waals surface area contributed by atoms with Gasteiger partial charge < -0.3 is 19.6 Å². The first-order valence-corrected chi connectivity index (χ1v) is 10.5. The van der Waals surface area contributed by atoms with Gasteiger partial charge in [-0.2, -0.15) is 0 Å². The van der Waals surface area contributed by atoms with Gasteiger partial charge in [0, 0.05) is 30.6 Å². The molecule has 0 saturated carbocycles. The van der Waals surface area contributed by atoms with Crippen LogP contribution in [-0.2, 0) is 11.3 Å². The second kappa shape index (κ2) is 9.82. The molecule has 7 nitrogen and oxygen atoms in total. The SMILES string of the molecule is Cc1cccc(C(=O)N/C(=C\c2ccco2)C(=O)NCc2ccccc2-n2ccnc2C)c1. The Hall–Kier alpha value is -4.39. The highest BCUT2D eigenvalue weighted by Gasteiger charge is 2.16. The number of nitrogens with zero attached hydrogens (tertiary/aromatic N) is 2. The Bertz CT molecular complexity index is 1300. The predicted octanol–water partition coefficient (Wildman–Crippen LogP) is 4.17. The van der Waals surface area contributed by atoms with Gasteiger partial charge >= 0.3 is 0 Å². The average molecular weight is 441 g/mol. The molecular formula is C26H24N4O3. The number of aryl methyl sites for hydroxylation is 2. The number of amides is 2. The van der Waals surface area contributed by atoms with Crippen LogP contribution < -0.4 is 10.6 Å². The van der Waals surface area contributed by atoms with E-state index in [1.165, 1.54) is 12.3 Å². The van der Waals surface area contributed by atoms with E-state index in [9.17, 15) is 9.59 Å². The lowest BCUT2D eigenvalue weighted by molar-refractivity contribution is -0.117. The van der Waals surface area contributed by atoms with Gasteiger partial charge in [-0.05, 0) is 49.7 Å². The van der Waals surface area contributed by atoms with Gasteiger partial charge in [0.2, 0.25) is 0 Å². The zero-order chi connectivity index (χ0) is 23.2. The highest BCUT2D eigenvalue weighted by atomic mass is 16.3. The molecular weight excluding hydrogens is 416 g/mol. The van der Waals surface area contributed by atoms with Crippen molar-refractivity contribution < 1.29 is 14.0 Å². The number of carbonyl (C=O) groups is 2. The summed E-state index contributed by atoms with van der Waals surface area (Å²) in [6, 6.07) is 18.4. The Balaban J connectivity index is 1.55. The maximum absolute atomic E-state index is 13.1. The number of aromatic nitrogens is 2. The number of hydrogen-bond acceptors (Lipinski definition) is 4. The summed E-state index contributed by atoms with van der Waals surface area (Å²) in [5, 5.41) is 5.63. The van der Waals surface area contributed by atoms with Crippen LogP contribution in [0.4, 0.5) is 0 Å². The summed E-state index contributed by atoms with van der Waals surface area (Å²) in [7, 11) is 0. The van der Waals surface area contributed by atoms with Gasteiger partial charge in [-0.15, -0.1) is 0 Å². The number of para-hydroxylation sites is 1. The van der Waals surface area contributed by atoms with E-state index in [1.54, 1.807) is 36.5 Å². The van der Waals surface area contributed by atoms with E-state index in [2.05, 4.69) is 15.6 Å². The fourth-order valence-corrected chi connectivity index (χ4v) is 3.45. The summed E-state index contributed by atoms with van der Waals surface area (Å²) in [6.07, 6.45) is 6.62. The van der Waals surface area contributed by atoms with Crippen molar-refractivity contribution in [3.05, 3.63) is 113 Å². The zero-order valence-corrected chi connectivity index (χ0v) is 18.4. The highest BCUT2D eigenvalue weighted by molar-refractivity contribution is 6.05. The van der Waals surface area contributed by atoms with Crippen molar-refractivity contribution in [2.75, 3.05) is 0 Å². The molecule has 0 atom stereocenters. The lowest BCUT2D eigenvalue weighted by Crippen LogP contribution is -2.34. The molecule has 4 rings (SSSR count). The molecule has 2 aromatic heterocycles. The van der Waals surface area contributed by atoms with Gasteiger partial charge in [0.1, 0.15) is 17.3 Å². The number of imidazole rings is 1. The van der Waals surface area contributed by atoms with Crippen LogP contribution in [0.5, 0.6) is 0 Å². The number of furan rings is 1. The molecule has 0 aliphatic rings. The largest absolute Gasteiger partial charge is 0.465 e. The monoisotopic (exact) mass is 440 g/mol. The fraction of sp³-hybridized carbons (Fsp3) is 0.115. The molecule has 0 radical (unpaired) electrons. The van der Waals surface area contributed by atoms with E-state index in [4.69, 9.17) is 4.42 Å². The quantitative estimate of drug-likeness (QED) is 0.422. The summed E-state index contributed by atoms with van der Waals surface area (Å²) in [4.78, 5) is 30.2. The lowest BCUT2D eigenvalue weighted by atomic mass is 10.1. The molecule has 2 aromatic carbocycles. The predicted molar refractivity (Wildman–Crippen MR) is 125 cm³/mol. The molecule has 0 aliphatic heterocycles. The summed E-state index contributed by atoms with van der Waals surface area (Å²) < 4.78 is 7.31. The summed E-state index contributed by atoms with van der Waals surface area (Å²) in [6.45, 7) is 4.09. The minimum atomic E-state index is -0.426. The van der Waals surface area contributed by atoms with Crippen LogP contribution in [0.15, 0.2) is 89.4 Å². The first kappa shape index (κ1) is 21.8. The van der Waals surface area contributed by atoms with Gasteiger partial charge in [-0.25, -0.2) is 4.98 Å². The second-order valence-corrected chi connectivity index (χ2v) is 7.55. The molecule has 0 bridgehead atoms. The van der Waals surface area contributed by atoms with Crippen molar-refractivity contribution in [1.29, 1.82) is 0 Å². The lowest BCUT2D eigenvalue weighted by Gasteiger charge is -2.14. The third kappa shape index (κ3) is 5.27. The summed E-state index contributed by atoms with van der Waals surface area (Å²) in [5.41, 5.74) is 3.35. The van der Waals surface area contributed by atoms with Crippen molar-refractivity contribution in [1.82, 2.24) is 20.2 Å². The average Bonchev–Trinajstić information content (AvgIpc) is 3.49. The summed E-state index contributed by atoms with van der Waals surface area (Å²) >= 11 is 0. The number of hydrogen-bond donors (Lipinski definition) is 2. The zero-order valence-electron chi connectivity index (χ0n) is 18.4. The van der Waals surface area contributed by atoms with Gasteiger partial charge in [-0.1, -0.05) is 35.9 Å². The van der Waals surface area contributed by atoms with Crippen LogP contribution in [0.25, 0.3) is 11.8 Å².